The van der Waals surface area contributed by atoms with E-state index in [4.69, 9.17) is 14.2 Å². The van der Waals surface area contributed by atoms with Crippen molar-refractivity contribution in [3.05, 3.63) is 58.7 Å². The van der Waals surface area contributed by atoms with Gasteiger partial charge in [-0.25, -0.2) is 0 Å². The molecule has 0 fully saturated rings. The normalized spacial score (nSPS) is 10.5. The van der Waals surface area contributed by atoms with E-state index in [1.807, 2.05) is 26.0 Å². The highest BCUT2D eigenvalue weighted by molar-refractivity contribution is 9.10. The Morgan fingerprint density at radius 2 is 1.77 bits per heavy atom. The molecule has 0 spiro atoms. The minimum atomic E-state index is -0.526. The maximum Gasteiger partial charge on any atom is 0.310 e. The van der Waals surface area contributed by atoms with Gasteiger partial charge in [0.15, 0.2) is 18.1 Å². The third-order valence-corrected chi connectivity index (χ3v) is 5.07. The lowest BCUT2D eigenvalue weighted by atomic mass is 10.1. The molecule has 0 unspecified atom stereocenters. The van der Waals surface area contributed by atoms with Crippen LogP contribution in [0.1, 0.15) is 19.4 Å². The number of hydrogen-bond donors (Lipinski definition) is 1. The Kier molecular flexibility index (Phi) is 7.83. The van der Waals surface area contributed by atoms with E-state index in [1.165, 1.54) is 0 Å². The van der Waals surface area contributed by atoms with Crippen LogP contribution in [-0.2, 0) is 20.7 Å². The van der Waals surface area contributed by atoms with Gasteiger partial charge in [-0.3, -0.25) is 14.6 Å². The van der Waals surface area contributed by atoms with Crippen molar-refractivity contribution in [1.82, 2.24) is 4.98 Å². The molecule has 1 heterocycles. The first-order valence-corrected chi connectivity index (χ1v) is 10.7. The number of halogens is 1. The molecule has 31 heavy (non-hydrogen) atoms. The molecule has 0 saturated heterocycles. The number of hydrogen-bond acceptors (Lipinski definition) is 6. The highest BCUT2D eigenvalue weighted by Gasteiger charge is 2.15. The Labute approximate surface area is 188 Å². The molecule has 3 rings (SSSR count). The number of rotatable bonds is 9. The summed E-state index contributed by atoms with van der Waals surface area (Å²) in [5.74, 6) is 0.197. The topological polar surface area (TPSA) is 86.8 Å². The number of carbonyl (C=O) groups excluding carboxylic acids is 2. The Bertz CT molecular complexity index is 1080. The van der Waals surface area contributed by atoms with Gasteiger partial charge in [-0.05, 0) is 55.8 Å². The standard InChI is InChI=1S/C23H23BrN2O5/c1-3-29-20-11-15(17(24)13-21(20)30-4-2)12-23(28)31-14-22(27)26-19-9-5-8-18-16(19)7-6-10-25-18/h5-11,13H,3-4,12,14H2,1-2H3,(H,26,27). The van der Waals surface area contributed by atoms with Gasteiger partial charge < -0.3 is 19.5 Å². The van der Waals surface area contributed by atoms with E-state index in [9.17, 15) is 9.59 Å². The zero-order valence-electron chi connectivity index (χ0n) is 17.3. The number of benzene rings is 2. The fraction of sp³-hybridized carbons (Fsp3) is 0.261. The maximum absolute atomic E-state index is 12.3. The highest BCUT2D eigenvalue weighted by atomic mass is 79.9. The second-order valence-electron chi connectivity index (χ2n) is 6.52. The number of fused-ring (bicyclic) bond motifs is 1. The number of pyridine rings is 1. The molecule has 7 nitrogen and oxygen atoms in total. The Morgan fingerprint density at radius 1 is 1.03 bits per heavy atom. The van der Waals surface area contributed by atoms with Crippen molar-refractivity contribution in [3.63, 3.8) is 0 Å². The van der Waals surface area contributed by atoms with Crippen LogP contribution in [-0.4, -0.2) is 36.7 Å². The van der Waals surface area contributed by atoms with Gasteiger partial charge in [-0.15, -0.1) is 0 Å². The number of amides is 1. The third kappa shape index (κ3) is 5.95. The number of carbonyl (C=O) groups is 2. The number of nitrogens with zero attached hydrogens (tertiary/aromatic N) is 1. The van der Waals surface area contributed by atoms with Crippen LogP contribution in [0.5, 0.6) is 11.5 Å². The summed E-state index contributed by atoms with van der Waals surface area (Å²) in [6, 6.07) is 12.6. The molecule has 8 heteroatoms. The van der Waals surface area contributed by atoms with Crippen molar-refractivity contribution in [2.75, 3.05) is 25.1 Å². The zero-order valence-corrected chi connectivity index (χ0v) is 18.9. The quantitative estimate of drug-likeness (QED) is 0.447. The van der Waals surface area contributed by atoms with Crippen LogP contribution < -0.4 is 14.8 Å². The number of anilines is 1. The molecule has 2 aromatic carbocycles. The van der Waals surface area contributed by atoms with Gasteiger partial charge in [0.05, 0.1) is 30.8 Å². The summed E-state index contributed by atoms with van der Waals surface area (Å²) in [6.07, 6.45) is 1.67. The average molecular weight is 487 g/mol. The number of aromatic nitrogens is 1. The minimum absolute atomic E-state index is 0.0153. The maximum atomic E-state index is 12.3. The van der Waals surface area contributed by atoms with Gasteiger partial charge in [0.1, 0.15) is 0 Å². The van der Waals surface area contributed by atoms with Crippen molar-refractivity contribution in [2.45, 2.75) is 20.3 Å². The first-order valence-electron chi connectivity index (χ1n) is 9.89. The summed E-state index contributed by atoms with van der Waals surface area (Å²) in [5, 5.41) is 3.57. The molecule has 0 atom stereocenters. The summed E-state index contributed by atoms with van der Waals surface area (Å²) in [4.78, 5) is 28.8. The van der Waals surface area contributed by atoms with E-state index in [0.29, 0.717) is 40.4 Å². The van der Waals surface area contributed by atoms with Gasteiger partial charge in [0.25, 0.3) is 5.91 Å². The predicted octanol–water partition coefficient (Wildman–Crippen LogP) is 4.52. The Morgan fingerprint density at radius 3 is 2.52 bits per heavy atom. The first-order chi connectivity index (χ1) is 15.0. The minimum Gasteiger partial charge on any atom is -0.490 e. The van der Waals surface area contributed by atoms with Crippen LogP contribution in [0.3, 0.4) is 0 Å². The summed E-state index contributed by atoms with van der Waals surface area (Å²) < 4.78 is 17.0. The van der Waals surface area contributed by atoms with Crippen LogP contribution in [0.15, 0.2) is 53.1 Å². The van der Waals surface area contributed by atoms with Crippen LogP contribution >= 0.6 is 15.9 Å². The molecule has 1 aromatic heterocycles. The molecular weight excluding hydrogens is 464 g/mol. The van der Waals surface area contributed by atoms with E-state index in [2.05, 4.69) is 26.2 Å². The summed E-state index contributed by atoms with van der Waals surface area (Å²) in [7, 11) is 0. The summed E-state index contributed by atoms with van der Waals surface area (Å²) in [6.45, 7) is 4.33. The molecule has 0 aliphatic heterocycles. The average Bonchev–Trinajstić information content (AvgIpc) is 2.76. The van der Waals surface area contributed by atoms with Gasteiger partial charge >= 0.3 is 5.97 Å². The zero-order chi connectivity index (χ0) is 22.2. The van der Waals surface area contributed by atoms with E-state index in [1.54, 1.807) is 36.5 Å². The fourth-order valence-electron chi connectivity index (χ4n) is 3.00. The van der Waals surface area contributed by atoms with Crippen LogP contribution in [0.4, 0.5) is 5.69 Å². The lowest BCUT2D eigenvalue weighted by Crippen LogP contribution is -2.21. The fourth-order valence-corrected chi connectivity index (χ4v) is 3.46. The molecule has 0 radical (unpaired) electrons. The molecular formula is C23H23BrN2O5. The third-order valence-electron chi connectivity index (χ3n) is 4.33. The molecule has 0 saturated carbocycles. The second kappa shape index (κ2) is 10.8. The van der Waals surface area contributed by atoms with Crippen molar-refractivity contribution in [3.8, 4) is 11.5 Å². The molecule has 0 bridgehead atoms. The first kappa shape index (κ1) is 22.6. The SMILES string of the molecule is CCOc1cc(Br)c(CC(=O)OCC(=O)Nc2cccc3ncccc23)cc1OCC. The molecule has 1 N–H and O–H groups in total. The predicted molar refractivity (Wildman–Crippen MR) is 122 cm³/mol. The molecule has 0 aliphatic carbocycles. The van der Waals surface area contributed by atoms with Gasteiger partial charge in [0.2, 0.25) is 0 Å². The van der Waals surface area contributed by atoms with E-state index in [0.717, 1.165) is 10.9 Å². The number of esters is 1. The van der Waals surface area contributed by atoms with Crippen LogP contribution in [0.25, 0.3) is 10.9 Å². The second-order valence-corrected chi connectivity index (χ2v) is 7.37. The molecule has 3 aromatic rings. The Hall–Kier alpha value is -3.13. The van der Waals surface area contributed by atoms with Gasteiger partial charge in [-0.1, -0.05) is 22.0 Å². The molecule has 162 valence electrons. The van der Waals surface area contributed by atoms with E-state index >= 15 is 0 Å². The smallest absolute Gasteiger partial charge is 0.310 e. The van der Waals surface area contributed by atoms with Crippen LogP contribution in [0.2, 0.25) is 0 Å². The lowest BCUT2D eigenvalue weighted by Gasteiger charge is -2.14. The van der Waals surface area contributed by atoms with Crippen LogP contribution in [0, 0.1) is 0 Å². The van der Waals surface area contributed by atoms with E-state index < -0.39 is 11.9 Å². The van der Waals surface area contributed by atoms with E-state index in [-0.39, 0.29) is 13.0 Å². The highest BCUT2D eigenvalue weighted by Crippen LogP contribution is 2.34. The largest absolute Gasteiger partial charge is 0.490 e. The van der Waals surface area contributed by atoms with Gasteiger partial charge in [-0.2, -0.15) is 0 Å². The summed E-state index contributed by atoms with van der Waals surface area (Å²) >= 11 is 3.45. The number of ether oxygens (including phenoxy) is 3. The van der Waals surface area contributed by atoms with Crippen molar-refractivity contribution in [2.24, 2.45) is 0 Å². The molecule has 0 aliphatic rings. The van der Waals surface area contributed by atoms with Crippen molar-refractivity contribution >= 4 is 44.4 Å². The molecule has 1 amide bonds. The van der Waals surface area contributed by atoms with Crippen molar-refractivity contribution < 1.29 is 23.8 Å². The lowest BCUT2D eigenvalue weighted by molar-refractivity contribution is -0.146. The number of nitrogens with one attached hydrogen (secondary N) is 1. The monoisotopic (exact) mass is 486 g/mol. The van der Waals surface area contributed by atoms with Gasteiger partial charge in [0, 0.05) is 16.1 Å². The summed E-state index contributed by atoms with van der Waals surface area (Å²) in [5.41, 5.74) is 2.06. The van der Waals surface area contributed by atoms with Crippen molar-refractivity contribution in [1.29, 1.82) is 0 Å². The Balaban J connectivity index is 1.60.